The van der Waals surface area contributed by atoms with Crippen LogP contribution in [-0.2, 0) is 9.59 Å². The molecule has 7 heteroatoms. The third kappa shape index (κ3) is 2.55. The monoisotopic (exact) mass is 300 g/mol. The second-order valence-electron chi connectivity index (χ2n) is 4.49. The Morgan fingerprint density at radius 3 is 2.76 bits per heavy atom. The van der Waals surface area contributed by atoms with Crippen LogP contribution < -0.4 is 10.3 Å². The number of hydrogen-bond donors (Lipinski definition) is 1. The first-order chi connectivity index (χ1) is 10.2. The van der Waals surface area contributed by atoms with Crippen molar-refractivity contribution >= 4 is 39.7 Å². The van der Waals surface area contributed by atoms with E-state index >= 15 is 0 Å². The van der Waals surface area contributed by atoms with Crippen molar-refractivity contribution in [3.63, 3.8) is 0 Å². The molecule has 6 nitrogen and oxygen atoms in total. The fourth-order valence-electron chi connectivity index (χ4n) is 2.08. The first-order valence-electron chi connectivity index (χ1n) is 6.31. The molecule has 0 bridgehead atoms. The molecule has 1 N–H and O–H groups in total. The third-order valence-electron chi connectivity index (χ3n) is 3.06. The highest BCUT2D eigenvalue weighted by molar-refractivity contribution is 7.13. The van der Waals surface area contributed by atoms with E-state index in [0.717, 1.165) is 0 Å². The van der Waals surface area contributed by atoms with Crippen molar-refractivity contribution in [3.8, 4) is 0 Å². The maximum absolute atomic E-state index is 12.4. The number of para-hydroxylation sites is 1. The van der Waals surface area contributed by atoms with Gasteiger partial charge in [-0.25, -0.2) is 4.98 Å². The molecule has 0 saturated carbocycles. The van der Waals surface area contributed by atoms with Crippen LogP contribution in [0.1, 0.15) is 6.92 Å². The van der Waals surface area contributed by atoms with Crippen LogP contribution in [0.5, 0.6) is 0 Å². The zero-order valence-corrected chi connectivity index (χ0v) is 12.0. The summed E-state index contributed by atoms with van der Waals surface area (Å²) in [4.78, 5) is 28.6. The first kappa shape index (κ1) is 13.4. The molecule has 1 aliphatic heterocycles. The number of hydrogen-bond acceptors (Lipinski definition) is 5. The van der Waals surface area contributed by atoms with E-state index in [2.05, 4.69) is 15.4 Å². The van der Waals surface area contributed by atoms with Crippen LogP contribution in [0.25, 0.3) is 0 Å². The molecule has 2 heterocycles. The Hall–Kier alpha value is -2.54. The van der Waals surface area contributed by atoms with E-state index < -0.39 is 11.8 Å². The van der Waals surface area contributed by atoms with Crippen molar-refractivity contribution < 1.29 is 9.59 Å². The van der Waals surface area contributed by atoms with Crippen LogP contribution in [0.15, 0.2) is 47.0 Å². The van der Waals surface area contributed by atoms with Crippen molar-refractivity contribution in [2.45, 2.75) is 6.92 Å². The fourth-order valence-corrected chi connectivity index (χ4v) is 2.62. The van der Waals surface area contributed by atoms with Crippen molar-refractivity contribution in [1.29, 1.82) is 0 Å². The number of nitrogens with zero attached hydrogens (tertiary/aromatic N) is 3. The maximum Gasteiger partial charge on any atom is 0.265 e. The standard InChI is InChI=1S/C14H12N4O2S/c1-9-11(12(19)16-14-15-7-8-21-14)13(20)18(17-9)10-5-3-2-4-6-10/h2-8,11H,1H3,(H,15,16,19). The molecule has 1 aliphatic rings. The highest BCUT2D eigenvalue weighted by atomic mass is 32.1. The Morgan fingerprint density at radius 2 is 2.10 bits per heavy atom. The van der Waals surface area contributed by atoms with E-state index in [0.29, 0.717) is 16.5 Å². The molecule has 0 spiro atoms. The van der Waals surface area contributed by atoms with E-state index in [1.54, 1.807) is 30.6 Å². The van der Waals surface area contributed by atoms with Crippen LogP contribution in [0.4, 0.5) is 10.8 Å². The second kappa shape index (κ2) is 5.45. The van der Waals surface area contributed by atoms with Gasteiger partial charge in [0.25, 0.3) is 5.91 Å². The van der Waals surface area contributed by atoms with Gasteiger partial charge in [-0.1, -0.05) is 18.2 Å². The zero-order chi connectivity index (χ0) is 14.8. The number of aromatic nitrogens is 1. The minimum atomic E-state index is -0.908. The maximum atomic E-state index is 12.4. The van der Waals surface area contributed by atoms with Crippen molar-refractivity contribution in [1.82, 2.24) is 4.98 Å². The average Bonchev–Trinajstić information content (AvgIpc) is 3.08. The molecule has 106 valence electrons. The third-order valence-corrected chi connectivity index (χ3v) is 3.75. The van der Waals surface area contributed by atoms with E-state index in [1.807, 2.05) is 18.2 Å². The van der Waals surface area contributed by atoms with Crippen LogP contribution in [0, 0.1) is 5.92 Å². The number of hydrazone groups is 1. The highest BCUT2D eigenvalue weighted by Crippen LogP contribution is 2.24. The van der Waals surface area contributed by atoms with Crippen LogP contribution in [-0.4, -0.2) is 22.5 Å². The van der Waals surface area contributed by atoms with Gasteiger partial charge < -0.3 is 5.32 Å². The van der Waals surface area contributed by atoms with Crippen LogP contribution in [0.3, 0.4) is 0 Å². The summed E-state index contributed by atoms with van der Waals surface area (Å²) in [5.74, 6) is -1.67. The van der Waals surface area contributed by atoms with Gasteiger partial charge in [-0.15, -0.1) is 11.3 Å². The molecule has 0 saturated heterocycles. The lowest BCUT2D eigenvalue weighted by atomic mass is 10.0. The molecule has 1 atom stereocenters. The zero-order valence-electron chi connectivity index (χ0n) is 11.2. The van der Waals surface area contributed by atoms with Crippen LogP contribution >= 0.6 is 11.3 Å². The topological polar surface area (TPSA) is 74.7 Å². The Labute approximate surface area is 125 Å². The molecule has 1 aromatic carbocycles. The van der Waals surface area contributed by atoms with Crippen molar-refractivity contribution in [2.24, 2.45) is 11.0 Å². The van der Waals surface area contributed by atoms with E-state index in [1.165, 1.54) is 16.3 Å². The molecule has 1 aromatic heterocycles. The summed E-state index contributed by atoms with van der Waals surface area (Å²) < 4.78 is 0. The Morgan fingerprint density at radius 1 is 1.33 bits per heavy atom. The summed E-state index contributed by atoms with van der Waals surface area (Å²) in [5, 5.41) is 10.3. The normalized spacial score (nSPS) is 17.8. The summed E-state index contributed by atoms with van der Waals surface area (Å²) in [6, 6.07) is 9.03. The predicted molar refractivity (Wildman–Crippen MR) is 81.3 cm³/mol. The van der Waals surface area contributed by atoms with Crippen molar-refractivity contribution in [3.05, 3.63) is 41.9 Å². The molecular formula is C14H12N4O2S. The summed E-state index contributed by atoms with van der Waals surface area (Å²) in [6.45, 7) is 1.67. The lowest BCUT2D eigenvalue weighted by Gasteiger charge is -2.13. The molecule has 3 rings (SSSR count). The molecule has 0 aliphatic carbocycles. The number of rotatable bonds is 3. The average molecular weight is 300 g/mol. The number of amides is 2. The van der Waals surface area contributed by atoms with Gasteiger partial charge in [-0.05, 0) is 19.1 Å². The molecule has 2 amide bonds. The smallest absolute Gasteiger partial charge is 0.265 e. The molecule has 0 fully saturated rings. The largest absolute Gasteiger partial charge is 0.301 e. The van der Waals surface area contributed by atoms with Crippen LogP contribution in [0.2, 0.25) is 0 Å². The minimum absolute atomic E-state index is 0.354. The summed E-state index contributed by atoms with van der Waals surface area (Å²) in [6.07, 6.45) is 1.59. The molecule has 1 unspecified atom stereocenters. The van der Waals surface area contributed by atoms with Crippen molar-refractivity contribution in [2.75, 3.05) is 10.3 Å². The number of nitrogens with one attached hydrogen (secondary N) is 1. The molecule has 0 radical (unpaired) electrons. The lowest BCUT2D eigenvalue weighted by molar-refractivity contribution is -0.127. The van der Waals surface area contributed by atoms with Gasteiger partial charge in [0.1, 0.15) is 0 Å². The Bertz CT molecular complexity index is 697. The van der Waals surface area contributed by atoms with Gasteiger partial charge in [-0.2, -0.15) is 10.1 Å². The summed E-state index contributed by atoms with van der Waals surface area (Å²) >= 11 is 1.30. The lowest BCUT2D eigenvalue weighted by Crippen LogP contribution is -2.36. The summed E-state index contributed by atoms with van der Waals surface area (Å²) in [5.41, 5.74) is 1.12. The quantitative estimate of drug-likeness (QED) is 0.882. The number of anilines is 2. The summed E-state index contributed by atoms with van der Waals surface area (Å²) in [7, 11) is 0. The molecular weight excluding hydrogens is 288 g/mol. The molecule has 21 heavy (non-hydrogen) atoms. The van der Waals surface area contributed by atoms with Gasteiger partial charge in [-0.3, -0.25) is 9.59 Å². The molecule has 2 aromatic rings. The van der Waals surface area contributed by atoms with E-state index in [4.69, 9.17) is 0 Å². The minimum Gasteiger partial charge on any atom is -0.301 e. The van der Waals surface area contributed by atoms with Gasteiger partial charge in [0.15, 0.2) is 11.0 Å². The Kier molecular flexibility index (Phi) is 3.49. The second-order valence-corrected chi connectivity index (χ2v) is 5.38. The van der Waals surface area contributed by atoms with Gasteiger partial charge >= 0.3 is 0 Å². The Balaban J connectivity index is 1.81. The first-order valence-corrected chi connectivity index (χ1v) is 7.19. The predicted octanol–water partition coefficient (Wildman–Crippen LogP) is 2.12. The van der Waals surface area contributed by atoms with Gasteiger partial charge in [0.05, 0.1) is 11.4 Å². The number of benzene rings is 1. The SMILES string of the molecule is CC1=NN(c2ccccc2)C(=O)C1C(=O)Nc1nccs1. The van der Waals surface area contributed by atoms with Gasteiger partial charge in [0, 0.05) is 11.6 Å². The number of carbonyl (C=O) groups excluding carboxylic acids is 2. The highest BCUT2D eigenvalue weighted by Gasteiger charge is 2.39. The van der Waals surface area contributed by atoms with Gasteiger partial charge in [0.2, 0.25) is 5.91 Å². The van der Waals surface area contributed by atoms with E-state index in [-0.39, 0.29) is 5.91 Å². The number of carbonyl (C=O) groups is 2. The van der Waals surface area contributed by atoms with E-state index in [9.17, 15) is 9.59 Å². The number of thiazole rings is 1. The fraction of sp³-hybridized carbons (Fsp3) is 0.143.